The van der Waals surface area contributed by atoms with Gasteiger partial charge in [0.1, 0.15) is 11.9 Å². The van der Waals surface area contributed by atoms with Gasteiger partial charge in [-0.3, -0.25) is 4.79 Å². The van der Waals surface area contributed by atoms with Crippen LogP contribution in [-0.4, -0.2) is 18.0 Å². The fourth-order valence-electron chi connectivity index (χ4n) is 1.71. The van der Waals surface area contributed by atoms with E-state index in [0.29, 0.717) is 5.56 Å². The molecule has 0 unspecified atom stereocenters. The normalized spacial score (nSPS) is 11.3. The highest BCUT2D eigenvalue weighted by Gasteiger charge is 2.24. The Labute approximate surface area is 111 Å². The third-order valence-electron chi connectivity index (χ3n) is 2.54. The van der Waals surface area contributed by atoms with E-state index in [-0.39, 0.29) is 0 Å². The molecular formula is C15H16NO3+. The molecule has 2 aromatic rings. The average Bonchev–Trinajstić information content (AvgIpc) is 2.35. The molecule has 98 valence electrons. The molecule has 0 saturated carbocycles. The summed E-state index contributed by atoms with van der Waals surface area (Å²) in [4.78, 5) is 22.6. The largest absolute Gasteiger partial charge is 0.602 e. The minimum atomic E-state index is -0.527. The highest BCUT2D eigenvalue weighted by molar-refractivity contribution is 5.88. The van der Waals surface area contributed by atoms with E-state index in [1.54, 1.807) is 36.7 Å². The van der Waals surface area contributed by atoms with Crippen molar-refractivity contribution in [2.75, 3.05) is 0 Å². The van der Waals surface area contributed by atoms with E-state index in [1.165, 1.54) is 4.57 Å². The van der Waals surface area contributed by atoms with Gasteiger partial charge in [-0.1, -0.05) is 10.6 Å². The number of benzene rings is 1. The van der Waals surface area contributed by atoms with Gasteiger partial charge in [-0.15, -0.1) is 0 Å². The Kier molecular flexibility index (Phi) is 3.34. The van der Waals surface area contributed by atoms with Crippen molar-refractivity contribution in [1.29, 1.82) is 0 Å². The van der Waals surface area contributed by atoms with Crippen molar-refractivity contribution >= 4 is 23.2 Å². The van der Waals surface area contributed by atoms with Gasteiger partial charge in [0, 0.05) is 17.0 Å². The molecule has 2 rings (SSSR count). The zero-order valence-electron chi connectivity index (χ0n) is 11.2. The summed E-state index contributed by atoms with van der Waals surface area (Å²) in [6.07, 6.45) is 3.70. The molecule has 1 aromatic carbocycles. The first-order chi connectivity index (χ1) is 8.89. The van der Waals surface area contributed by atoms with Crippen LogP contribution in [0.25, 0.3) is 10.8 Å². The summed E-state index contributed by atoms with van der Waals surface area (Å²) in [5.74, 6) is 0. The summed E-state index contributed by atoms with van der Waals surface area (Å²) in [6.45, 7) is 5.47. The first-order valence-electron chi connectivity index (χ1n) is 6.03. The molecule has 0 bridgehead atoms. The SMILES string of the molecule is CC(C)(C)OC(=O)[n+]1ccc2cc(C=O)ccc2c1. The van der Waals surface area contributed by atoms with Gasteiger partial charge < -0.3 is 4.74 Å². The maximum Gasteiger partial charge on any atom is 0.602 e. The monoisotopic (exact) mass is 258 g/mol. The maximum atomic E-state index is 11.9. The van der Waals surface area contributed by atoms with Gasteiger partial charge in [-0.05, 0) is 38.3 Å². The number of rotatable bonds is 1. The summed E-state index contributed by atoms with van der Waals surface area (Å²) in [7, 11) is 0. The van der Waals surface area contributed by atoms with E-state index in [9.17, 15) is 9.59 Å². The van der Waals surface area contributed by atoms with Gasteiger partial charge in [-0.2, -0.15) is 4.79 Å². The van der Waals surface area contributed by atoms with Gasteiger partial charge in [0.2, 0.25) is 0 Å². The highest BCUT2D eigenvalue weighted by atomic mass is 16.6. The number of carbonyl (C=O) groups is 2. The summed E-state index contributed by atoms with van der Waals surface area (Å²) >= 11 is 0. The maximum absolute atomic E-state index is 11.9. The number of fused-ring (bicyclic) bond motifs is 1. The number of hydrogen-bond donors (Lipinski definition) is 0. The molecule has 0 saturated heterocycles. The molecule has 0 aliphatic heterocycles. The summed E-state index contributed by atoms with van der Waals surface area (Å²) in [5, 5.41) is 1.78. The second-order valence-corrected chi connectivity index (χ2v) is 5.34. The second kappa shape index (κ2) is 4.80. The molecule has 0 N–H and O–H groups in total. The lowest BCUT2D eigenvalue weighted by Gasteiger charge is -2.15. The summed E-state index contributed by atoms with van der Waals surface area (Å²) < 4.78 is 6.68. The van der Waals surface area contributed by atoms with Crippen molar-refractivity contribution in [3.63, 3.8) is 0 Å². The fourth-order valence-corrected chi connectivity index (χ4v) is 1.71. The van der Waals surface area contributed by atoms with E-state index >= 15 is 0 Å². The van der Waals surface area contributed by atoms with Gasteiger partial charge in [0.15, 0.2) is 12.4 Å². The molecule has 0 radical (unpaired) electrons. The van der Waals surface area contributed by atoms with E-state index in [1.807, 2.05) is 20.8 Å². The summed E-state index contributed by atoms with van der Waals surface area (Å²) in [6, 6.07) is 7.09. The van der Waals surface area contributed by atoms with Crippen molar-refractivity contribution in [2.45, 2.75) is 26.4 Å². The predicted octanol–water partition coefficient (Wildman–Crippen LogP) is 2.72. The topological polar surface area (TPSA) is 47.2 Å². The van der Waals surface area contributed by atoms with Crippen LogP contribution in [0.2, 0.25) is 0 Å². The molecular weight excluding hydrogens is 242 g/mol. The van der Waals surface area contributed by atoms with Crippen LogP contribution >= 0.6 is 0 Å². The van der Waals surface area contributed by atoms with Crippen molar-refractivity contribution in [3.8, 4) is 0 Å². The molecule has 1 heterocycles. The molecule has 1 aromatic heterocycles. The van der Waals surface area contributed by atoms with Crippen LogP contribution in [-0.2, 0) is 4.74 Å². The Morgan fingerprint density at radius 1 is 1.21 bits per heavy atom. The third kappa shape index (κ3) is 3.16. The lowest BCUT2D eigenvalue weighted by Crippen LogP contribution is -2.45. The smallest absolute Gasteiger partial charge is 0.406 e. The molecule has 0 atom stereocenters. The van der Waals surface area contributed by atoms with Crippen LogP contribution in [0.5, 0.6) is 0 Å². The molecule has 0 fully saturated rings. The van der Waals surface area contributed by atoms with Gasteiger partial charge in [0.25, 0.3) is 0 Å². The summed E-state index contributed by atoms with van der Waals surface area (Å²) in [5.41, 5.74) is 0.0861. The van der Waals surface area contributed by atoms with E-state index in [4.69, 9.17) is 4.74 Å². The van der Waals surface area contributed by atoms with Crippen LogP contribution in [0.3, 0.4) is 0 Å². The molecule has 0 amide bonds. The van der Waals surface area contributed by atoms with E-state index < -0.39 is 11.7 Å². The van der Waals surface area contributed by atoms with Gasteiger partial charge >= 0.3 is 6.09 Å². The first-order valence-corrected chi connectivity index (χ1v) is 6.03. The zero-order chi connectivity index (χ0) is 14.0. The Morgan fingerprint density at radius 3 is 2.58 bits per heavy atom. The van der Waals surface area contributed by atoms with Crippen LogP contribution in [0, 0.1) is 0 Å². The van der Waals surface area contributed by atoms with Crippen LogP contribution in [0.1, 0.15) is 31.1 Å². The fraction of sp³-hybridized carbons (Fsp3) is 0.267. The Bertz CT molecular complexity index is 641. The standard InChI is InChI=1S/C15H16NO3/c1-15(2,3)19-14(18)16-7-6-12-8-11(10-17)4-5-13(12)9-16/h4-10H,1-3H3/q+1. The van der Waals surface area contributed by atoms with Gasteiger partial charge in [-0.25, -0.2) is 0 Å². The lowest BCUT2D eigenvalue weighted by molar-refractivity contribution is -0.586. The second-order valence-electron chi connectivity index (χ2n) is 5.34. The Morgan fingerprint density at radius 2 is 1.95 bits per heavy atom. The number of ether oxygens (including phenoxy) is 1. The molecule has 19 heavy (non-hydrogen) atoms. The van der Waals surface area contributed by atoms with Crippen LogP contribution in [0.4, 0.5) is 4.79 Å². The van der Waals surface area contributed by atoms with Crippen LogP contribution in [0.15, 0.2) is 36.7 Å². The molecule has 4 heteroatoms. The van der Waals surface area contributed by atoms with Crippen molar-refractivity contribution < 1.29 is 18.9 Å². The zero-order valence-corrected chi connectivity index (χ0v) is 11.2. The number of nitrogens with zero attached hydrogens (tertiary/aromatic N) is 1. The molecule has 0 aliphatic carbocycles. The van der Waals surface area contributed by atoms with Crippen molar-refractivity contribution in [3.05, 3.63) is 42.2 Å². The first kappa shape index (κ1) is 13.2. The molecule has 0 spiro atoms. The highest BCUT2D eigenvalue weighted by Crippen LogP contribution is 2.13. The third-order valence-corrected chi connectivity index (χ3v) is 2.54. The quantitative estimate of drug-likeness (QED) is 0.583. The van der Waals surface area contributed by atoms with Crippen LogP contribution < -0.4 is 4.57 Å². The molecule has 4 nitrogen and oxygen atoms in total. The Balaban J connectivity index is 2.37. The van der Waals surface area contributed by atoms with Gasteiger partial charge in [0.05, 0.1) is 0 Å². The number of carbonyl (C=O) groups excluding carboxylic acids is 2. The van der Waals surface area contributed by atoms with E-state index in [0.717, 1.165) is 17.1 Å². The predicted molar refractivity (Wildman–Crippen MR) is 71.2 cm³/mol. The number of hydrogen-bond acceptors (Lipinski definition) is 3. The number of aromatic nitrogens is 1. The molecule has 0 aliphatic rings. The Hall–Kier alpha value is -2.23. The minimum absolute atomic E-state index is 0.422. The van der Waals surface area contributed by atoms with Crippen molar-refractivity contribution in [1.82, 2.24) is 0 Å². The minimum Gasteiger partial charge on any atom is -0.406 e. The number of pyridine rings is 1. The number of aldehydes is 1. The lowest BCUT2D eigenvalue weighted by atomic mass is 10.1. The van der Waals surface area contributed by atoms with E-state index in [2.05, 4.69) is 0 Å². The average molecular weight is 258 g/mol. The van der Waals surface area contributed by atoms with Crippen molar-refractivity contribution in [2.24, 2.45) is 0 Å².